The predicted molar refractivity (Wildman–Crippen MR) is 77.3 cm³/mol. The second-order valence-corrected chi connectivity index (χ2v) is 5.86. The maximum atomic E-state index is 11.9. The van der Waals surface area contributed by atoms with Crippen LogP contribution in [-0.4, -0.2) is 17.4 Å². The number of hydrogen-bond acceptors (Lipinski definition) is 3. The molecule has 0 saturated heterocycles. The van der Waals surface area contributed by atoms with E-state index in [0.717, 1.165) is 15.9 Å². The van der Waals surface area contributed by atoms with Gasteiger partial charge >= 0.3 is 0 Å². The van der Waals surface area contributed by atoms with Crippen molar-refractivity contribution in [2.45, 2.75) is 6.42 Å². The molecule has 1 amide bonds. The van der Waals surface area contributed by atoms with Crippen LogP contribution in [0.15, 0.2) is 34.2 Å². The molecule has 0 aliphatic carbocycles. The summed E-state index contributed by atoms with van der Waals surface area (Å²) in [5.74, 6) is -0.169. The molecule has 18 heavy (non-hydrogen) atoms. The van der Waals surface area contributed by atoms with Gasteiger partial charge in [0.05, 0.1) is 15.6 Å². The number of carbonyl (C=O) groups excluding carboxylic acids is 1. The number of aromatic nitrogens is 1. The van der Waals surface area contributed by atoms with Crippen LogP contribution in [0.3, 0.4) is 0 Å². The summed E-state index contributed by atoms with van der Waals surface area (Å²) in [7, 11) is 0. The molecule has 0 aliphatic rings. The van der Waals surface area contributed by atoms with E-state index in [4.69, 9.17) is 11.6 Å². The van der Waals surface area contributed by atoms with Crippen molar-refractivity contribution < 1.29 is 4.79 Å². The minimum Gasteiger partial charge on any atom is -0.352 e. The van der Waals surface area contributed by atoms with Gasteiger partial charge in [0.1, 0.15) is 0 Å². The SMILES string of the molecule is O=C(NCCc1nccs1)c1cc(Br)ccc1Cl. The van der Waals surface area contributed by atoms with Crippen LogP contribution in [0.1, 0.15) is 15.4 Å². The van der Waals surface area contributed by atoms with Crippen LogP contribution in [0.5, 0.6) is 0 Å². The van der Waals surface area contributed by atoms with Gasteiger partial charge in [-0.15, -0.1) is 11.3 Å². The second-order valence-electron chi connectivity index (χ2n) is 3.56. The zero-order valence-electron chi connectivity index (χ0n) is 9.32. The van der Waals surface area contributed by atoms with Gasteiger partial charge in [-0.05, 0) is 18.2 Å². The summed E-state index contributed by atoms with van der Waals surface area (Å²) in [5.41, 5.74) is 0.477. The molecule has 1 aromatic carbocycles. The van der Waals surface area contributed by atoms with Crippen molar-refractivity contribution in [3.8, 4) is 0 Å². The molecule has 1 N–H and O–H groups in total. The van der Waals surface area contributed by atoms with Gasteiger partial charge in [-0.3, -0.25) is 4.79 Å². The highest BCUT2D eigenvalue weighted by Crippen LogP contribution is 2.20. The number of benzene rings is 1. The van der Waals surface area contributed by atoms with Crippen LogP contribution >= 0.6 is 38.9 Å². The van der Waals surface area contributed by atoms with Crippen molar-refractivity contribution in [1.29, 1.82) is 0 Å². The normalized spacial score (nSPS) is 10.3. The summed E-state index contributed by atoms with van der Waals surface area (Å²) in [5, 5.41) is 6.21. The van der Waals surface area contributed by atoms with Crippen molar-refractivity contribution in [2.24, 2.45) is 0 Å². The third-order valence-electron chi connectivity index (χ3n) is 2.28. The number of halogens is 2. The quantitative estimate of drug-likeness (QED) is 0.921. The molecule has 0 aliphatic heterocycles. The Morgan fingerprint density at radius 2 is 2.33 bits per heavy atom. The summed E-state index contributed by atoms with van der Waals surface area (Å²) in [6, 6.07) is 5.21. The Hall–Kier alpha value is -0.910. The highest BCUT2D eigenvalue weighted by molar-refractivity contribution is 9.10. The molecule has 0 bridgehead atoms. The molecule has 0 unspecified atom stereocenters. The van der Waals surface area contributed by atoms with Gasteiger partial charge in [-0.2, -0.15) is 0 Å². The number of nitrogens with one attached hydrogen (secondary N) is 1. The van der Waals surface area contributed by atoms with Crippen LogP contribution in [0.25, 0.3) is 0 Å². The minimum atomic E-state index is -0.169. The average Bonchev–Trinajstić information content (AvgIpc) is 2.85. The lowest BCUT2D eigenvalue weighted by molar-refractivity contribution is 0.0954. The molecule has 1 heterocycles. The Bertz CT molecular complexity index is 545. The first-order chi connectivity index (χ1) is 8.66. The molecule has 94 valence electrons. The average molecular weight is 346 g/mol. The van der Waals surface area contributed by atoms with E-state index < -0.39 is 0 Å². The maximum Gasteiger partial charge on any atom is 0.252 e. The molecular formula is C12H10BrClN2OS. The Labute approximate surface area is 122 Å². The third-order valence-corrected chi connectivity index (χ3v) is 3.94. The fraction of sp³-hybridized carbons (Fsp3) is 0.167. The van der Waals surface area contributed by atoms with Crippen molar-refractivity contribution in [3.05, 3.63) is 49.8 Å². The summed E-state index contributed by atoms with van der Waals surface area (Å²) < 4.78 is 0.831. The van der Waals surface area contributed by atoms with E-state index in [1.54, 1.807) is 35.7 Å². The fourth-order valence-electron chi connectivity index (χ4n) is 1.43. The van der Waals surface area contributed by atoms with Crippen LogP contribution in [0, 0.1) is 0 Å². The molecule has 3 nitrogen and oxygen atoms in total. The minimum absolute atomic E-state index is 0.169. The lowest BCUT2D eigenvalue weighted by Gasteiger charge is -2.06. The van der Waals surface area contributed by atoms with Crippen molar-refractivity contribution in [2.75, 3.05) is 6.54 Å². The lowest BCUT2D eigenvalue weighted by atomic mass is 10.2. The Morgan fingerprint density at radius 1 is 1.50 bits per heavy atom. The first-order valence-electron chi connectivity index (χ1n) is 5.28. The zero-order chi connectivity index (χ0) is 13.0. The van der Waals surface area contributed by atoms with E-state index in [-0.39, 0.29) is 5.91 Å². The summed E-state index contributed by atoms with van der Waals surface area (Å²) in [4.78, 5) is 16.1. The van der Waals surface area contributed by atoms with Gasteiger partial charge in [-0.1, -0.05) is 27.5 Å². The topological polar surface area (TPSA) is 42.0 Å². The summed E-state index contributed by atoms with van der Waals surface area (Å²) in [6.45, 7) is 0.551. The van der Waals surface area contributed by atoms with Gasteiger partial charge in [0.25, 0.3) is 5.91 Å². The third kappa shape index (κ3) is 3.54. The maximum absolute atomic E-state index is 11.9. The van der Waals surface area contributed by atoms with Crippen LogP contribution < -0.4 is 5.32 Å². The largest absolute Gasteiger partial charge is 0.352 e. The van der Waals surface area contributed by atoms with Crippen LogP contribution in [-0.2, 0) is 6.42 Å². The number of thiazole rings is 1. The number of hydrogen-bond donors (Lipinski definition) is 1. The highest BCUT2D eigenvalue weighted by atomic mass is 79.9. The number of carbonyl (C=O) groups is 1. The molecule has 0 radical (unpaired) electrons. The number of amides is 1. The van der Waals surface area contributed by atoms with E-state index in [0.29, 0.717) is 17.1 Å². The number of nitrogens with zero attached hydrogens (tertiary/aromatic N) is 1. The van der Waals surface area contributed by atoms with Crippen molar-refractivity contribution in [3.63, 3.8) is 0 Å². The van der Waals surface area contributed by atoms with Crippen molar-refractivity contribution >= 4 is 44.8 Å². The van der Waals surface area contributed by atoms with Gasteiger partial charge < -0.3 is 5.32 Å². The molecule has 0 spiro atoms. The molecule has 6 heteroatoms. The van der Waals surface area contributed by atoms with Crippen LogP contribution in [0.2, 0.25) is 5.02 Å². The van der Waals surface area contributed by atoms with E-state index in [2.05, 4.69) is 26.2 Å². The van der Waals surface area contributed by atoms with E-state index in [9.17, 15) is 4.79 Å². The molecular weight excluding hydrogens is 336 g/mol. The second kappa shape index (κ2) is 6.31. The molecule has 0 saturated carbocycles. The van der Waals surface area contributed by atoms with Crippen LogP contribution in [0.4, 0.5) is 0 Å². The van der Waals surface area contributed by atoms with Gasteiger partial charge in [-0.25, -0.2) is 4.98 Å². The van der Waals surface area contributed by atoms with E-state index in [1.807, 2.05) is 5.38 Å². The molecule has 0 fully saturated rings. The fourth-order valence-corrected chi connectivity index (χ4v) is 2.61. The van der Waals surface area contributed by atoms with E-state index >= 15 is 0 Å². The first-order valence-corrected chi connectivity index (χ1v) is 7.33. The predicted octanol–water partition coefficient (Wildman–Crippen LogP) is 3.53. The van der Waals surface area contributed by atoms with Gasteiger partial charge in [0.15, 0.2) is 0 Å². The van der Waals surface area contributed by atoms with Gasteiger partial charge in [0, 0.05) is 29.0 Å². The Morgan fingerprint density at radius 3 is 3.06 bits per heavy atom. The van der Waals surface area contributed by atoms with E-state index in [1.165, 1.54) is 0 Å². The Balaban J connectivity index is 1.93. The molecule has 0 atom stereocenters. The standard InChI is InChI=1S/C12H10BrClN2OS/c13-8-1-2-10(14)9(7-8)12(17)16-4-3-11-15-5-6-18-11/h1-2,5-7H,3-4H2,(H,16,17). The van der Waals surface area contributed by atoms with Crippen molar-refractivity contribution in [1.82, 2.24) is 10.3 Å². The number of rotatable bonds is 4. The first kappa shape index (κ1) is 13.5. The highest BCUT2D eigenvalue weighted by Gasteiger charge is 2.10. The molecule has 1 aromatic heterocycles. The monoisotopic (exact) mass is 344 g/mol. The van der Waals surface area contributed by atoms with Gasteiger partial charge in [0.2, 0.25) is 0 Å². The molecule has 2 rings (SSSR count). The lowest BCUT2D eigenvalue weighted by Crippen LogP contribution is -2.25. The molecule has 2 aromatic rings. The summed E-state index contributed by atoms with van der Waals surface area (Å²) >= 11 is 10.9. The smallest absolute Gasteiger partial charge is 0.252 e. The Kier molecular flexibility index (Phi) is 4.74. The zero-order valence-corrected chi connectivity index (χ0v) is 12.5. The summed E-state index contributed by atoms with van der Waals surface area (Å²) in [6.07, 6.45) is 2.49.